The fourth-order valence-electron chi connectivity index (χ4n) is 4.00. The van der Waals surface area contributed by atoms with Crippen molar-refractivity contribution in [3.8, 4) is 0 Å². The van der Waals surface area contributed by atoms with E-state index in [4.69, 9.17) is 5.41 Å². The Bertz CT molecular complexity index is 909. The highest BCUT2D eigenvalue weighted by Crippen LogP contribution is 2.37. The van der Waals surface area contributed by atoms with Gasteiger partial charge in [-0.1, -0.05) is 18.2 Å². The lowest BCUT2D eigenvalue weighted by Gasteiger charge is -2.38. The van der Waals surface area contributed by atoms with Crippen LogP contribution in [0.25, 0.3) is 0 Å². The fraction of sp³-hybridized carbons (Fsp3) is 0.333. The van der Waals surface area contributed by atoms with E-state index >= 15 is 0 Å². The standard InChI is InChI=1S/C21H22F2N4O/c1-26-20(28)18(13-4-7-15(8-5-13)27-10-2-3-11-27)19(25-21(26)24)16-9-6-14(22)12-17(16)23/h4-9,12,18-19H,2-3,10-11H2,1H3,(H2,24,25)/t18-,19-/m1/s1. The van der Waals surface area contributed by atoms with Gasteiger partial charge in [-0.25, -0.2) is 8.78 Å². The second-order valence-corrected chi connectivity index (χ2v) is 7.30. The molecule has 0 saturated carbocycles. The lowest BCUT2D eigenvalue weighted by molar-refractivity contribution is -0.130. The highest BCUT2D eigenvalue weighted by molar-refractivity contribution is 6.01. The van der Waals surface area contributed by atoms with Crippen LogP contribution in [0.1, 0.15) is 35.9 Å². The second kappa shape index (κ2) is 7.22. The van der Waals surface area contributed by atoms with Gasteiger partial charge in [0.25, 0.3) is 0 Å². The molecule has 2 atom stereocenters. The van der Waals surface area contributed by atoms with E-state index < -0.39 is 23.6 Å². The highest BCUT2D eigenvalue weighted by Gasteiger charge is 2.40. The molecular weight excluding hydrogens is 362 g/mol. The molecule has 0 radical (unpaired) electrons. The van der Waals surface area contributed by atoms with Crippen LogP contribution in [0.15, 0.2) is 42.5 Å². The molecular formula is C21H22F2N4O. The number of rotatable bonds is 3. The quantitative estimate of drug-likeness (QED) is 0.853. The molecule has 2 heterocycles. The first-order chi connectivity index (χ1) is 13.5. The van der Waals surface area contributed by atoms with Gasteiger partial charge in [0.05, 0.1) is 12.0 Å². The minimum atomic E-state index is -0.783. The maximum atomic E-state index is 14.5. The van der Waals surface area contributed by atoms with Crippen molar-refractivity contribution >= 4 is 17.6 Å². The van der Waals surface area contributed by atoms with Gasteiger partial charge in [0.1, 0.15) is 11.6 Å². The second-order valence-electron chi connectivity index (χ2n) is 7.30. The summed E-state index contributed by atoms with van der Waals surface area (Å²) in [5, 5.41) is 10.9. The molecule has 0 bridgehead atoms. The molecule has 0 unspecified atom stereocenters. The number of nitrogens with zero attached hydrogens (tertiary/aromatic N) is 2. The van der Waals surface area contributed by atoms with Crippen molar-refractivity contribution in [2.24, 2.45) is 0 Å². The monoisotopic (exact) mass is 384 g/mol. The third-order valence-corrected chi connectivity index (χ3v) is 5.58. The molecule has 2 N–H and O–H groups in total. The SMILES string of the molecule is CN1C(=N)N[C@H](c2ccc(F)cc2F)[C@@H](c2ccc(N3CCCC3)cc2)C1=O. The van der Waals surface area contributed by atoms with Crippen LogP contribution < -0.4 is 10.2 Å². The first-order valence-corrected chi connectivity index (χ1v) is 9.38. The minimum absolute atomic E-state index is 0.108. The van der Waals surface area contributed by atoms with E-state index in [1.54, 1.807) is 0 Å². The molecule has 5 nitrogen and oxygen atoms in total. The van der Waals surface area contributed by atoms with E-state index in [-0.39, 0.29) is 17.4 Å². The summed E-state index contributed by atoms with van der Waals surface area (Å²) < 4.78 is 27.8. The largest absolute Gasteiger partial charge is 0.372 e. The zero-order valence-corrected chi connectivity index (χ0v) is 15.6. The van der Waals surface area contributed by atoms with Crippen molar-refractivity contribution in [3.63, 3.8) is 0 Å². The molecule has 0 aromatic heterocycles. The van der Waals surface area contributed by atoms with Gasteiger partial charge in [-0.05, 0) is 36.6 Å². The zero-order valence-electron chi connectivity index (χ0n) is 15.6. The summed E-state index contributed by atoms with van der Waals surface area (Å²) in [7, 11) is 1.51. The van der Waals surface area contributed by atoms with Crippen LogP contribution in [0.5, 0.6) is 0 Å². The number of carbonyl (C=O) groups excluding carboxylic acids is 1. The summed E-state index contributed by atoms with van der Waals surface area (Å²) in [5.41, 5.74) is 2.00. The normalized spacial score (nSPS) is 22.5. The Morgan fingerprint density at radius 1 is 1.07 bits per heavy atom. The van der Waals surface area contributed by atoms with Crippen molar-refractivity contribution in [3.05, 3.63) is 65.2 Å². The van der Waals surface area contributed by atoms with Crippen LogP contribution in [-0.4, -0.2) is 36.9 Å². The Labute approximate surface area is 162 Å². The van der Waals surface area contributed by atoms with Gasteiger partial charge in [0, 0.05) is 37.5 Å². The predicted molar refractivity (Wildman–Crippen MR) is 103 cm³/mol. The Morgan fingerprint density at radius 3 is 2.39 bits per heavy atom. The van der Waals surface area contributed by atoms with Crippen LogP contribution >= 0.6 is 0 Å². The van der Waals surface area contributed by atoms with E-state index in [2.05, 4.69) is 10.2 Å². The number of halogens is 2. The Kier molecular flexibility index (Phi) is 4.75. The number of amides is 1. The number of carbonyl (C=O) groups is 1. The lowest BCUT2D eigenvalue weighted by Crippen LogP contribution is -2.54. The topological polar surface area (TPSA) is 59.4 Å². The van der Waals surface area contributed by atoms with Crippen LogP contribution in [0.4, 0.5) is 14.5 Å². The summed E-state index contributed by atoms with van der Waals surface area (Å²) >= 11 is 0. The third-order valence-electron chi connectivity index (χ3n) is 5.58. The van der Waals surface area contributed by atoms with Gasteiger partial charge >= 0.3 is 0 Å². The zero-order chi connectivity index (χ0) is 19.8. The van der Waals surface area contributed by atoms with Crippen LogP contribution in [-0.2, 0) is 4.79 Å². The van der Waals surface area contributed by atoms with Gasteiger partial charge in [-0.3, -0.25) is 15.1 Å². The minimum Gasteiger partial charge on any atom is -0.372 e. The maximum absolute atomic E-state index is 14.5. The first kappa shape index (κ1) is 18.4. The molecule has 2 aliphatic rings. The van der Waals surface area contributed by atoms with Gasteiger partial charge < -0.3 is 10.2 Å². The predicted octanol–water partition coefficient (Wildman–Crippen LogP) is 3.39. The molecule has 146 valence electrons. The lowest BCUT2D eigenvalue weighted by atomic mass is 9.84. The molecule has 2 saturated heterocycles. The van der Waals surface area contributed by atoms with Crippen molar-refractivity contribution in [1.82, 2.24) is 10.2 Å². The molecule has 7 heteroatoms. The van der Waals surface area contributed by atoms with Crippen LogP contribution in [0, 0.1) is 17.0 Å². The van der Waals surface area contributed by atoms with E-state index in [0.717, 1.165) is 30.4 Å². The average Bonchev–Trinajstić information content (AvgIpc) is 3.21. The smallest absolute Gasteiger partial charge is 0.239 e. The third kappa shape index (κ3) is 3.21. The van der Waals surface area contributed by atoms with Crippen molar-refractivity contribution in [2.45, 2.75) is 24.8 Å². The molecule has 2 aromatic carbocycles. The molecule has 2 fully saturated rings. The number of guanidine groups is 1. The van der Waals surface area contributed by atoms with Crippen molar-refractivity contribution < 1.29 is 13.6 Å². The summed E-state index contributed by atoms with van der Waals surface area (Å²) in [6.07, 6.45) is 2.34. The summed E-state index contributed by atoms with van der Waals surface area (Å²) in [4.78, 5) is 16.5. The van der Waals surface area contributed by atoms with Gasteiger partial charge in [-0.2, -0.15) is 0 Å². The van der Waals surface area contributed by atoms with Crippen molar-refractivity contribution in [2.75, 3.05) is 25.0 Å². The van der Waals surface area contributed by atoms with Crippen molar-refractivity contribution in [1.29, 1.82) is 5.41 Å². The number of anilines is 1. The number of benzene rings is 2. The molecule has 28 heavy (non-hydrogen) atoms. The summed E-state index contributed by atoms with van der Waals surface area (Å²) in [5.74, 6) is -2.54. The molecule has 2 aliphatic heterocycles. The molecule has 2 aromatic rings. The van der Waals surface area contributed by atoms with E-state index in [1.807, 2.05) is 24.3 Å². The van der Waals surface area contributed by atoms with Crippen LogP contribution in [0.3, 0.4) is 0 Å². The molecule has 0 aliphatic carbocycles. The Morgan fingerprint density at radius 2 is 1.75 bits per heavy atom. The number of likely N-dealkylation sites (N-methyl/N-ethyl adjacent to an activating group) is 1. The van der Waals surface area contributed by atoms with Gasteiger partial charge in [-0.15, -0.1) is 0 Å². The van der Waals surface area contributed by atoms with Crippen LogP contribution in [0.2, 0.25) is 0 Å². The number of hydrogen-bond donors (Lipinski definition) is 2. The maximum Gasteiger partial charge on any atom is 0.239 e. The number of nitrogens with one attached hydrogen (secondary N) is 2. The van der Waals surface area contributed by atoms with Gasteiger partial charge in [0.2, 0.25) is 5.91 Å². The molecule has 4 rings (SSSR count). The van der Waals surface area contributed by atoms with E-state index in [9.17, 15) is 13.6 Å². The van der Waals surface area contributed by atoms with Gasteiger partial charge in [0.15, 0.2) is 5.96 Å². The van der Waals surface area contributed by atoms with E-state index in [1.165, 1.54) is 36.9 Å². The summed E-state index contributed by atoms with van der Waals surface area (Å²) in [6, 6.07) is 10.2. The first-order valence-electron chi connectivity index (χ1n) is 9.38. The molecule has 1 amide bonds. The Hall–Kier alpha value is -2.96. The Balaban J connectivity index is 1.71. The van der Waals surface area contributed by atoms with E-state index in [0.29, 0.717) is 0 Å². The number of hydrogen-bond acceptors (Lipinski definition) is 3. The molecule has 0 spiro atoms. The summed E-state index contributed by atoms with van der Waals surface area (Å²) in [6.45, 7) is 2.04. The average molecular weight is 384 g/mol. The highest BCUT2D eigenvalue weighted by atomic mass is 19.1. The fourth-order valence-corrected chi connectivity index (χ4v) is 4.00.